The van der Waals surface area contributed by atoms with Gasteiger partial charge >= 0.3 is 0 Å². The number of nitrogens with zero attached hydrogens (tertiary/aromatic N) is 4. The summed E-state index contributed by atoms with van der Waals surface area (Å²) in [5.74, 6) is 1.52. The van der Waals surface area contributed by atoms with E-state index in [1.54, 1.807) is 12.4 Å². The summed E-state index contributed by atoms with van der Waals surface area (Å²) in [6.07, 6.45) is 6.05. The van der Waals surface area contributed by atoms with E-state index in [9.17, 15) is 0 Å². The van der Waals surface area contributed by atoms with Gasteiger partial charge in [0.05, 0.1) is 19.7 Å². The molecule has 0 N–H and O–H groups in total. The molecule has 0 amide bonds. The molecule has 1 spiro atoms. The van der Waals surface area contributed by atoms with Crippen LogP contribution in [0.2, 0.25) is 0 Å². The molecular formula is C16H26N4O. The van der Waals surface area contributed by atoms with Gasteiger partial charge in [-0.15, -0.1) is 0 Å². The van der Waals surface area contributed by atoms with Crippen molar-refractivity contribution in [3.05, 3.63) is 18.5 Å². The number of ether oxygens (including phenoxy) is 1. The van der Waals surface area contributed by atoms with Gasteiger partial charge in [-0.2, -0.15) is 0 Å². The van der Waals surface area contributed by atoms with Gasteiger partial charge in [0.15, 0.2) is 0 Å². The van der Waals surface area contributed by atoms with Crippen LogP contribution in [0.1, 0.15) is 26.7 Å². The molecule has 1 aromatic heterocycles. The molecular weight excluding hydrogens is 264 g/mol. The second-order valence-corrected chi connectivity index (χ2v) is 6.29. The standard InChI is InChI=1S/C16H26N4O/c1-3-19(4-2)10-14-6-7-16(21-11-14)12-20(13-16)15-17-8-5-9-18-15/h5,8-9,14H,3-4,6-7,10-13H2,1-2H3/t14-/m0/s1. The first-order valence-corrected chi connectivity index (χ1v) is 8.13. The molecule has 1 atom stereocenters. The third-order valence-electron chi connectivity index (χ3n) is 4.84. The molecule has 3 heterocycles. The highest BCUT2D eigenvalue weighted by Gasteiger charge is 2.47. The van der Waals surface area contributed by atoms with Crippen molar-refractivity contribution in [2.75, 3.05) is 44.2 Å². The van der Waals surface area contributed by atoms with Crippen LogP contribution in [0.25, 0.3) is 0 Å². The predicted molar refractivity (Wildman–Crippen MR) is 83.4 cm³/mol. The molecule has 5 nitrogen and oxygen atoms in total. The van der Waals surface area contributed by atoms with Gasteiger partial charge in [0.1, 0.15) is 5.60 Å². The average Bonchev–Trinajstić information content (AvgIpc) is 2.52. The highest BCUT2D eigenvalue weighted by molar-refractivity contribution is 5.36. The van der Waals surface area contributed by atoms with Crippen molar-refractivity contribution in [1.29, 1.82) is 0 Å². The van der Waals surface area contributed by atoms with Gasteiger partial charge in [0.2, 0.25) is 5.95 Å². The van der Waals surface area contributed by atoms with Crippen molar-refractivity contribution < 1.29 is 4.74 Å². The highest BCUT2D eigenvalue weighted by atomic mass is 16.5. The van der Waals surface area contributed by atoms with Crippen molar-refractivity contribution >= 4 is 5.95 Å². The maximum Gasteiger partial charge on any atom is 0.225 e. The summed E-state index contributed by atoms with van der Waals surface area (Å²) in [5, 5.41) is 0. The van der Waals surface area contributed by atoms with Crippen LogP contribution in [0.5, 0.6) is 0 Å². The fraction of sp³-hybridized carbons (Fsp3) is 0.750. The SMILES string of the molecule is CCN(CC)C[C@@H]1CCC2(CN(c3ncccn3)C2)OC1. The van der Waals surface area contributed by atoms with Gasteiger partial charge in [0.25, 0.3) is 0 Å². The molecule has 0 unspecified atom stereocenters. The first-order chi connectivity index (χ1) is 10.2. The van der Waals surface area contributed by atoms with Gasteiger partial charge in [0, 0.05) is 18.9 Å². The zero-order valence-electron chi connectivity index (χ0n) is 13.2. The highest BCUT2D eigenvalue weighted by Crippen LogP contribution is 2.37. The summed E-state index contributed by atoms with van der Waals surface area (Å²) in [4.78, 5) is 13.3. The average molecular weight is 290 g/mol. The molecule has 0 bridgehead atoms. The van der Waals surface area contributed by atoms with Crippen LogP contribution in [-0.4, -0.2) is 59.8 Å². The summed E-state index contributed by atoms with van der Waals surface area (Å²) in [6.45, 7) is 10.7. The number of hydrogen-bond acceptors (Lipinski definition) is 5. The third-order valence-corrected chi connectivity index (χ3v) is 4.84. The monoisotopic (exact) mass is 290 g/mol. The number of rotatable bonds is 5. The Morgan fingerprint density at radius 1 is 1.29 bits per heavy atom. The fourth-order valence-corrected chi connectivity index (χ4v) is 3.40. The molecule has 2 aliphatic heterocycles. The van der Waals surface area contributed by atoms with E-state index in [1.807, 2.05) is 6.07 Å². The minimum Gasteiger partial charge on any atom is -0.371 e. The summed E-state index contributed by atoms with van der Waals surface area (Å²) in [5.41, 5.74) is 0.0684. The van der Waals surface area contributed by atoms with Gasteiger partial charge in [-0.05, 0) is 37.9 Å². The third kappa shape index (κ3) is 3.19. The molecule has 0 aliphatic carbocycles. The van der Waals surface area contributed by atoms with E-state index >= 15 is 0 Å². The van der Waals surface area contributed by atoms with Crippen LogP contribution in [0.3, 0.4) is 0 Å². The molecule has 1 aromatic rings. The topological polar surface area (TPSA) is 41.5 Å². The fourth-order valence-electron chi connectivity index (χ4n) is 3.40. The van der Waals surface area contributed by atoms with E-state index < -0.39 is 0 Å². The lowest BCUT2D eigenvalue weighted by Crippen LogP contribution is -2.65. The summed E-state index contributed by atoms with van der Waals surface area (Å²) >= 11 is 0. The number of anilines is 1. The maximum atomic E-state index is 6.23. The van der Waals surface area contributed by atoms with Crippen LogP contribution in [0.15, 0.2) is 18.5 Å². The molecule has 0 saturated carbocycles. The Kier molecular flexibility index (Phi) is 4.40. The van der Waals surface area contributed by atoms with Crippen molar-refractivity contribution in [2.45, 2.75) is 32.3 Å². The zero-order chi connectivity index (χ0) is 14.7. The van der Waals surface area contributed by atoms with E-state index in [0.717, 1.165) is 38.7 Å². The first kappa shape index (κ1) is 14.7. The Morgan fingerprint density at radius 3 is 2.57 bits per heavy atom. The van der Waals surface area contributed by atoms with Crippen LogP contribution in [-0.2, 0) is 4.74 Å². The Bertz CT molecular complexity index is 433. The summed E-state index contributed by atoms with van der Waals surface area (Å²) < 4.78 is 6.23. The van der Waals surface area contributed by atoms with Crippen LogP contribution < -0.4 is 4.90 Å². The quantitative estimate of drug-likeness (QED) is 0.827. The van der Waals surface area contributed by atoms with Crippen LogP contribution in [0, 0.1) is 5.92 Å². The van der Waals surface area contributed by atoms with E-state index in [1.165, 1.54) is 19.4 Å². The Balaban J connectivity index is 1.47. The van der Waals surface area contributed by atoms with Gasteiger partial charge in [-0.3, -0.25) is 0 Å². The number of hydrogen-bond donors (Lipinski definition) is 0. The lowest BCUT2D eigenvalue weighted by molar-refractivity contribution is -0.119. The molecule has 3 rings (SSSR count). The molecule has 116 valence electrons. The molecule has 2 saturated heterocycles. The summed E-state index contributed by atoms with van der Waals surface area (Å²) in [7, 11) is 0. The Hall–Kier alpha value is -1.20. The van der Waals surface area contributed by atoms with Gasteiger partial charge in [-0.1, -0.05) is 13.8 Å². The largest absolute Gasteiger partial charge is 0.371 e. The van der Waals surface area contributed by atoms with E-state index in [2.05, 4.69) is 33.6 Å². The molecule has 2 fully saturated rings. The van der Waals surface area contributed by atoms with E-state index in [0.29, 0.717) is 5.92 Å². The van der Waals surface area contributed by atoms with Crippen molar-refractivity contribution in [3.8, 4) is 0 Å². The summed E-state index contributed by atoms with van der Waals surface area (Å²) in [6, 6.07) is 1.86. The maximum absolute atomic E-state index is 6.23. The molecule has 0 radical (unpaired) electrons. The smallest absolute Gasteiger partial charge is 0.225 e. The van der Waals surface area contributed by atoms with Gasteiger partial charge < -0.3 is 14.5 Å². The molecule has 2 aliphatic rings. The lowest BCUT2D eigenvalue weighted by Gasteiger charge is -2.53. The predicted octanol–water partition coefficient (Wildman–Crippen LogP) is 1.80. The van der Waals surface area contributed by atoms with Crippen molar-refractivity contribution in [3.63, 3.8) is 0 Å². The molecule has 21 heavy (non-hydrogen) atoms. The van der Waals surface area contributed by atoms with Crippen molar-refractivity contribution in [2.24, 2.45) is 5.92 Å². The normalized spacial score (nSPS) is 24.3. The van der Waals surface area contributed by atoms with Crippen molar-refractivity contribution in [1.82, 2.24) is 14.9 Å². The van der Waals surface area contributed by atoms with E-state index in [-0.39, 0.29) is 5.60 Å². The zero-order valence-corrected chi connectivity index (χ0v) is 13.2. The second-order valence-electron chi connectivity index (χ2n) is 6.29. The van der Waals surface area contributed by atoms with E-state index in [4.69, 9.17) is 4.74 Å². The van der Waals surface area contributed by atoms with Crippen LogP contribution >= 0.6 is 0 Å². The number of aromatic nitrogens is 2. The lowest BCUT2D eigenvalue weighted by atomic mass is 9.83. The minimum atomic E-state index is 0.0684. The van der Waals surface area contributed by atoms with Crippen LogP contribution in [0.4, 0.5) is 5.95 Å². The molecule has 5 heteroatoms. The second kappa shape index (κ2) is 6.28. The molecule has 0 aromatic carbocycles. The first-order valence-electron chi connectivity index (χ1n) is 8.13. The minimum absolute atomic E-state index is 0.0684. The Morgan fingerprint density at radius 2 is 2.00 bits per heavy atom. The van der Waals surface area contributed by atoms with Gasteiger partial charge in [-0.25, -0.2) is 9.97 Å². The Labute approximate surface area is 127 Å².